The summed E-state index contributed by atoms with van der Waals surface area (Å²) in [5.74, 6) is -2.03. The number of esters is 1. The van der Waals surface area contributed by atoms with Crippen molar-refractivity contribution in [2.45, 2.75) is 51.6 Å². The van der Waals surface area contributed by atoms with Crippen LogP contribution >= 0.6 is 23.2 Å². The molecule has 0 radical (unpaired) electrons. The molecular weight excluding hydrogens is 343 g/mol. The highest BCUT2D eigenvalue weighted by atomic mass is 35.5. The molecule has 1 aromatic rings. The maximum Gasteiger partial charge on any atom is 0.310 e. The Hall–Kier alpha value is -1.46. The standard InChI is InChI=1S/C16H18Cl2O5/c1-8-5-3-2-4-6-10(19)12-9(7-11(20)23-8)13(17)16(22)14(18)15(12)21/h8,21-22H,2-7H2,1H3/t8-/m1/s1. The van der Waals surface area contributed by atoms with Crippen LogP contribution in [-0.4, -0.2) is 28.1 Å². The van der Waals surface area contributed by atoms with Crippen molar-refractivity contribution in [3.8, 4) is 11.5 Å². The van der Waals surface area contributed by atoms with Gasteiger partial charge in [-0.15, -0.1) is 0 Å². The van der Waals surface area contributed by atoms with Crippen molar-refractivity contribution in [3.05, 3.63) is 21.2 Å². The summed E-state index contributed by atoms with van der Waals surface area (Å²) in [5.41, 5.74) is -0.0585. The topological polar surface area (TPSA) is 83.8 Å². The summed E-state index contributed by atoms with van der Waals surface area (Å²) in [5, 5.41) is 19.4. The molecule has 1 aliphatic heterocycles. The van der Waals surface area contributed by atoms with Gasteiger partial charge in [0.1, 0.15) is 10.8 Å². The van der Waals surface area contributed by atoms with E-state index in [1.165, 1.54) is 0 Å². The second-order valence-electron chi connectivity index (χ2n) is 5.68. The fourth-order valence-electron chi connectivity index (χ4n) is 2.67. The van der Waals surface area contributed by atoms with E-state index in [0.717, 1.165) is 19.3 Å². The normalized spacial score (nSPS) is 20.2. The molecule has 0 unspecified atom stereocenters. The van der Waals surface area contributed by atoms with E-state index in [-0.39, 0.29) is 40.9 Å². The maximum atomic E-state index is 12.4. The Labute approximate surface area is 144 Å². The Kier molecular flexibility index (Phi) is 5.76. The first-order chi connectivity index (χ1) is 10.8. The minimum absolute atomic E-state index is 0.0499. The lowest BCUT2D eigenvalue weighted by Crippen LogP contribution is -2.19. The third-order valence-electron chi connectivity index (χ3n) is 3.87. The lowest BCUT2D eigenvalue weighted by atomic mass is 9.95. The van der Waals surface area contributed by atoms with Crippen molar-refractivity contribution in [2.75, 3.05) is 0 Å². The third-order valence-corrected chi connectivity index (χ3v) is 4.64. The second kappa shape index (κ2) is 7.41. The molecular formula is C16H18Cl2O5. The van der Waals surface area contributed by atoms with E-state index >= 15 is 0 Å². The number of fused-ring (bicyclic) bond motifs is 1. The summed E-state index contributed by atoms with van der Waals surface area (Å²) in [4.78, 5) is 24.5. The minimum atomic E-state index is -0.574. The van der Waals surface area contributed by atoms with E-state index in [4.69, 9.17) is 27.9 Å². The lowest BCUT2D eigenvalue weighted by Gasteiger charge is -2.18. The van der Waals surface area contributed by atoms with Crippen LogP contribution in [0.1, 0.15) is 54.9 Å². The number of ketones is 1. The number of halogens is 2. The van der Waals surface area contributed by atoms with Gasteiger partial charge in [-0.25, -0.2) is 0 Å². The van der Waals surface area contributed by atoms with Crippen LogP contribution in [0.5, 0.6) is 11.5 Å². The molecule has 5 nitrogen and oxygen atoms in total. The zero-order chi connectivity index (χ0) is 17.1. The molecule has 1 atom stereocenters. The predicted molar refractivity (Wildman–Crippen MR) is 86.5 cm³/mol. The van der Waals surface area contributed by atoms with Crippen LogP contribution in [0.3, 0.4) is 0 Å². The molecule has 1 heterocycles. The maximum absolute atomic E-state index is 12.4. The number of rotatable bonds is 0. The molecule has 0 saturated heterocycles. The average Bonchev–Trinajstić information content (AvgIpc) is 2.49. The van der Waals surface area contributed by atoms with E-state index in [1.54, 1.807) is 6.92 Å². The highest BCUT2D eigenvalue weighted by molar-refractivity contribution is 6.39. The van der Waals surface area contributed by atoms with Crippen LogP contribution < -0.4 is 0 Å². The van der Waals surface area contributed by atoms with Gasteiger partial charge in [-0.2, -0.15) is 0 Å². The first-order valence-corrected chi connectivity index (χ1v) is 8.23. The molecule has 1 aromatic carbocycles. The Morgan fingerprint density at radius 2 is 1.74 bits per heavy atom. The van der Waals surface area contributed by atoms with Crippen molar-refractivity contribution >= 4 is 35.0 Å². The van der Waals surface area contributed by atoms with E-state index in [9.17, 15) is 19.8 Å². The van der Waals surface area contributed by atoms with Crippen LogP contribution in [-0.2, 0) is 16.0 Å². The molecule has 2 N–H and O–H groups in total. The molecule has 0 aromatic heterocycles. The van der Waals surface area contributed by atoms with Crippen LogP contribution in [0.15, 0.2) is 0 Å². The SMILES string of the molecule is C[C@@H]1CCCCCC(=O)c2c(O)c(Cl)c(O)c(Cl)c2CC(=O)O1. The molecule has 1 aliphatic rings. The molecule has 0 amide bonds. The molecule has 7 heteroatoms. The number of carbonyl (C=O) groups excluding carboxylic acids is 2. The van der Waals surface area contributed by atoms with Gasteiger partial charge in [0.15, 0.2) is 11.5 Å². The number of hydrogen-bond donors (Lipinski definition) is 2. The average molecular weight is 361 g/mol. The number of ether oxygens (including phenoxy) is 1. The van der Waals surface area contributed by atoms with Crippen LogP contribution in [0.2, 0.25) is 10.0 Å². The van der Waals surface area contributed by atoms with E-state index in [0.29, 0.717) is 6.42 Å². The first kappa shape index (κ1) is 17.9. The van der Waals surface area contributed by atoms with Gasteiger partial charge in [0, 0.05) is 12.0 Å². The zero-order valence-corrected chi connectivity index (χ0v) is 14.2. The molecule has 0 saturated carbocycles. The minimum Gasteiger partial charge on any atom is -0.505 e. The molecule has 0 aliphatic carbocycles. The number of benzene rings is 1. The molecule has 2 rings (SSSR count). The summed E-state index contributed by atoms with van der Waals surface area (Å²) in [6.45, 7) is 1.80. The van der Waals surface area contributed by atoms with Gasteiger partial charge in [0.2, 0.25) is 0 Å². The van der Waals surface area contributed by atoms with Crippen molar-refractivity contribution in [1.82, 2.24) is 0 Å². The summed E-state index contributed by atoms with van der Waals surface area (Å²) in [7, 11) is 0. The molecule has 23 heavy (non-hydrogen) atoms. The Morgan fingerprint density at radius 3 is 2.43 bits per heavy atom. The van der Waals surface area contributed by atoms with Crippen LogP contribution in [0.25, 0.3) is 0 Å². The van der Waals surface area contributed by atoms with Crippen molar-refractivity contribution < 1.29 is 24.5 Å². The highest BCUT2D eigenvalue weighted by Gasteiger charge is 2.28. The summed E-state index contributed by atoms with van der Waals surface area (Å²) < 4.78 is 5.28. The van der Waals surface area contributed by atoms with Gasteiger partial charge < -0.3 is 14.9 Å². The van der Waals surface area contributed by atoms with E-state index in [1.807, 2.05) is 0 Å². The van der Waals surface area contributed by atoms with Gasteiger partial charge >= 0.3 is 5.97 Å². The molecule has 0 bridgehead atoms. The fourth-order valence-corrected chi connectivity index (χ4v) is 3.16. The van der Waals surface area contributed by atoms with Gasteiger partial charge in [-0.05, 0) is 26.2 Å². The number of cyclic esters (lactones) is 1. The van der Waals surface area contributed by atoms with E-state index in [2.05, 4.69) is 0 Å². The third kappa shape index (κ3) is 3.90. The number of hydrogen-bond acceptors (Lipinski definition) is 5. The highest BCUT2D eigenvalue weighted by Crippen LogP contribution is 2.45. The van der Waals surface area contributed by atoms with Gasteiger partial charge in [0.05, 0.1) is 23.1 Å². The monoisotopic (exact) mass is 360 g/mol. The van der Waals surface area contributed by atoms with Crippen LogP contribution in [0, 0.1) is 0 Å². The Balaban J connectivity index is 2.53. The number of aromatic hydroxyl groups is 2. The first-order valence-electron chi connectivity index (χ1n) is 7.47. The number of phenolic OH excluding ortho intramolecular Hbond substituents is 2. The van der Waals surface area contributed by atoms with Gasteiger partial charge in [-0.3, -0.25) is 9.59 Å². The predicted octanol–water partition coefficient (Wildman–Crippen LogP) is 4.03. The molecule has 0 spiro atoms. The van der Waals surface area contributed by atoms with Crippen molar-refractivity contribution in [2.24, 2.45) is 0 Å². The summed E-state index contributed by atoms with van der Waals surface area (Å²) in [6.07, 6.45) is 2.67. The quantitative estimate of drug-likeness (QED) is 0.682. The van der Waals surface area contributed by atoms with Crippen LogP contribution in [0.4, 0.5) is 0 Å². The number of phenols is 2. The zero-order valence-electron chi connectivity index (χ0n) is 12.7. The number of Topliss-reactive ketones (excluding diaryl/α,β-unsaturated/α-hetero) is 1. The lowest BCUT2D eigenvalue weighted by molar-refractivity contribution is -0.147. The summed E-state index contributed by atoms with van der Waals surface area (Å²) >= 11 is 11.9. The van der Waals surface area contributed by atoms with Crippen molar-refractivity contribution in [3.63, 3.8) is 0 Å². The smallest absolute Gasteiger partial charge is 0.310 e. The Bertz CT molecular complexity index is 642. The Morgan fingerprint density at radius 1 is 1.04 bits per heavy atom. The molecule has 0 fully saturated rings. The van der Waals surface area contributed by atoms with E-state index < -0.39 is 22.5 Å². The second-order valence-corrected chi connectivity index (χ2v) is 6.43. The largest absolute Gasteiger partial charge is 0.505 e. The fraction of sp³-hybridized carbons (Fsp3) is 0.500. The van der Waals surface area contributed by atoms with Crippen molar-refractivity contribution in [1.29, 1.82) is 0 Å². The number of carbonyl (C=O) groups is 2. The molecule has 126 valence electrons. The van der Waals surface area contributed by atoms with Gasteiger partial charge in [-0.1, -0.05) is 29.6 Å². The van der Waals surface area contributed by atoms with Gasteiger partial charge in [0.25, 0.3) is 0 Å². The summed E-state index contributed by atoms with van der Waals surface area (Å²) in [6, 6.07) is 0.